The molecule has 2 heterocycles. The zero-order valence-electron chi connectivity index (χ0n) is 17.4. The molecule has 0 aliphatic carbocycles. The Hall–Kier alpha value is -1.35. The Balaban J connectivity index is 0.00000300. The summed E-state index contributed by atoms with van der Waals surface area (Å²) < 4.78 is 6.09. The number of carbonyl (C=O) groups excluding carboxylic acids is 1. The van der Waals surface area contributed by atoms with Crippen molar-refractivity contribution in [1.29, 1.82) is 0 Å². The number of carbonyl (C=O) groups is 1. The van der Waals surface area contributed by atoms with E-state index in [1.165, 1.54) is 5.56 Å². The van der Waals surface area contributed by atoms with Crippen LogP contribution in [0.4, 0.5) is 0 Å². The van der Waals surface area contributed by atoms with E-state index < -0.39 is 0 Å². The molecule has 162 valence electrons. The Morgan fingerprint density at radius 3 is 2.79 bits per heavy atom. The lowest BCUT2D eigenvalue weighted by atomic mass is 9.89. The fourth-order valence-corrected chi connectivity index (χ4v) is 4.01. The first-order valence-corrected chi connectivity index (χ1v) is 10.7. The summed E-state index contributed by atoms with van der Waals surface area (Å²) in [7, 11) is 0. The standard InChI is InChI=1S/C22H34N4O2.HI/c1-2-23-22(24-13-8-15-26-14-6-12-20(26)27)25-17-19-11-7-16-28-21(19)18-9-4-3-5-10-18;/h3-5,9-10,19,21H,2,6-8,11-17H2,1H3,(H2,23,24,25);1H. The molecule has 2 atom stereocenters. The van der Waals surface area contributed by atoms with Crippen LogP contribution in [0, 0.1) is 5.92 Å². The first kappa shape index (κ1) is 23.9. The molecule has 0 spiro atoms. The molecule has 2 aliphatic rings. The molecule has 0 aromatic heterocycles. The van der Waals surface area contributed by atoms with Gasteiger partial charge in [-0.1, -0.05) is 30.3 Å². The van der Waals surface area contributed by atoms with Crippen LogP contribution in [0.25, 0.3) is 0 Å². The van der Waals surface area contributed by atoms with Crippen molar-refractivity contribution in [2.75, 3.05) is 39.3 Å². The summed E-state index contributed by atoms with van der Waals surface area (Å²) in [5.41, 5.74) is 1.25. The minimum Gasteiger partial charge on any atom is -0.373 e. The smallest absolute Gasteiger partial charge is 0.222 e. The van der Waals surface area contributed by atoms with Crippen molar-refractivity contribution in [3.63, 3.8) is 0 Å². The molecule has 2 unspecified atom stereocenters. The number of nitrogens with one attached hydrogen (secondary N) is 2. The molecular formula is C22H35IN4O2. The number of guanidine groups is 1. The minimum absolute atomic E-state index is 0. The SMILES string of the molecule is CCNC(=NCC1CCCOC1c1ccccc1)NCCCN1CCCC1=O.I. The summed E-state index contributed by atoms with van der Waals surface area (Å²) in [6, 6.07) is 10.5. The number of aliphatic imine (C=N–C) groups is 1. The zero-order valence-corrected chi connectivity index (χ0v) is 19.8. The molecule has 7 heteroatoms. The molecule has 0 radical (unpaired) electrons. The molecule has 6 nitrogen and oxygen atoms in total. The minimum atomic E-state index is 0. The topological polar surface area (TPSA) is 66.0 Å². The highest BCUT2D eigenvalue weighted by Crippen LogP contribution is 2.33. The van der Waals surface area contributed by atoms with Crippen LogP contribution >= 0.6 is 24.0 Å². The summed E-state index contributed by atoms with van der Waals surface area (Å²) in [5, 5.41) is 6.75. The molecule has 2 aliphatic heterocycles. The number of nitrogens with zero attached hydrogens (tertiary/aromatic N) is 2. The number of hydrogen-bond donors (Lipinski definition) is 2. The van der Waals surface area contributed by atoms with E-state index in [1.807, 2.05) is 11.0 Å². The Labute approximate surface area is 191 Å². The van der Waals surface area contributed by atoms with Crippen LogP contribution in [-0.2, 0) is 9.53 Å². The summed E-state index contributed by atoms with van der Waals surface area (Å²) in [5.74, 6) is 1.55. The molecule has 3 rings (SSSR count). The van der Waals surface area contributed by atoms with Crippen molar-refractivity contribution >= 4 is 35.8 Å². The fourth-order valence-electron chi connectivity index (χ4n) is 4.01. The Morgan fingerprint density at radius 2 is 2.07 bits per heavy atom. The van der Waals surface area contributed by atoms with Gasteiger partial charge in [-0.15, -0.1) is 24.0 Å². The van der Waals surface area contributed by atoms with Gasteiger partial charge in [0.05, 0.1) is 6.10 Å². The monoisotopic (exact) mass is 514 g/mol. The van der Waals surface area contributed by atoms with E-state index in [-0.39, 0.29) is 30.1 Å². The summed E-state index contributed by atoms with van der Waals surface area (Å²) in [4.78, 5) is 18.5. The molecule has 1 aromatic rings. The van der Waals surface area contributed by atoms with Crippen molar-refractivity contribution in [3.05, 3.63) is 35.9 Å². The normalized spacial score (nSPS) is 22.3. The lowest BCUT2D eigenvalue weighted by Gasteiger charge is -2.31. The van der Waals surface area contributed by atoms with E-state index in [0.29, 0.717) is 18.2 Å². The maximum Gasteiger partial charge on any atom is 0.222 e. The first-order valence-electron chi connectivity index (χ1n) is 10.7. The maximum atomic E-state index is 11.7. The summed E-state index contributed by atoms with van der Waals surface area (Å²) in [6.07, 6.45) is 5.01. The third-order valence-corrected chi connectivity index (χ3v) is 5.47. The van der Waals surface area contributed by atoms with Crippen molar-refractivity contribution in [3.8, 4) is 0 Å². The van der Waals surface area contributed by atoms with E-state index in [0.717, 1.165) is 71.0 Å². The summed E-state index contributed by atoms with van der Waals surface area (Å²) >= 11 is 0. The average molecular weight is 514 g/mol. The number of amides is 1. The van der Waals surface area contributed by atoms with Crippen LogP contribution in [0.5, 0.6) is 0 Å². The van der Waals surface area contributed by atoms with Crippen LogP contribution < -0.4 is 10.6 Å². The van der Waals surface area contributed by atoms with Gasteiger partial charge in [0.1, 0.15) is 0 Å². The first-order chi connectivity index (χ1) is 13.8. The van der Waals surface area contributed by atoms with Gasteiger partial charge in [-0.05, 0) is 38.2 Å². The highest BCUT2D eigenvalue weighted by Gasteiger charge is 2.27. The summed E-state index contributed by atoms with van der Waals surface area (Å²) in [6.45, 7) is 7.05. The number of hydrogen-bond acceptors (Lipinski definition) is 3. The highest BCUT2D eigenvalue weighted by molar-refractivity contribution is 14.0. The predicted molar refractivity (Wildman–Crippen MR) is 128 cm³/mol. The Morgan fingerprint density at radius 1 is 1.24 bits per heavy atom. The predicted octanol–water partition coefficient (Wildman–Crippen LogP) is 3.34. The number of benzene rings is 1. The second kappa shape index (κ2) is 13.1. The number of likely N-dealkylation sites (tertiary alicyclic amines) is 1. The molecule has 2 N–H and O–H groups in total. The molecule has 29 heavy (non-hydrogen) atoms. The molecule has 2 fully saturated rings. The Kier molecular flexibility index (Phi) is 10.8. The zero-order chi connectivity index (χ0) is 19.6. The van der Waals surface area contributed by atoms with E-state index in [9.17, 15) is 4.79 Å². The van der Waals surface area contributed by atoms with Gasteiger partial charge in [0.15, 0.2) is 5.96 Å². The van der Waals surface area contributed by atoms with Crippen LogP contribution in [0.2, 0.25) is 0 Å². The molecule has 0 bridgehead atoms. The van der Waals surface area contributed by atoms with E-state index in [4.69, 9.17) is 9.73 Å². The van der Waals surface area contributed by atoms with E-state index in [1.54, 1.807) is 0 Å². The van der Waals surface area contributed by atoms with Crippen molar-refractivity contribution in [1.82, 2.24) is 15.5 Å². The largest absolute Gasteiger partial charge is 0.373 e. The Bertz CT molecular complexity index is 641. The quantitative estimate of drug-likeness (QED) is 0.242. The molecule has 1 amide bonds. The van der Waals surface area contributed by atoms with E-state index >= 15 is 0 Å². The third kappa shape index (κ3) is 7.44. The van der Waals surface area contributed by atoms with Gasteiger partial charge in [-0.3, -0.25) is 9.79 Å². The van der Waals surface area contributed by atoms with Crippen LogP contribution in [0.3, 0.4) is 0 Å². The van der Waals surface area contributed by atoms with Gasteiger partial charge in [0.2, 0.25) is 5.91 Å². The molecule has 1 aromatic carbocycles. The second-order valence-corrected chi connectivity index (χ2v) is 7.59. The van der Waals surface area contributed by atoms with Crippen molar-refractivity contribution < 1.29 is 9.53 Å². The number of ether oxygens (including phenoxy) is 1. The lowest BCUT2D eigenvalue weighted by Crippen LogP contribution is -2.39. The van der Waals surface area contributed by atoms with Gasteiger partial charge in [0, 0.05) is 51.7 Å². The fraction of sp³-hybridized carbons (Fsp3) is 0.636. The van der Waals surface area contributed by atoms with Crippen LogP contribution in [0.1, 0.15) is 50.7 Å². The molecule has 0 saturated carbocycles. The number of halogens is 1. The van der Waals surface area contributed by atoms with Gasteiger partial charge in [-0.25, -0.2) is 0 Å². The molecule has 2 saturated heterocycles. The van der Waals surface area contributed by atoms with Crippen molar-refractivity contribution in [2.24, 2.45) is 10.9 Å². The molecular weight excluding hydrogens is 479 g/mol. The number of rotatable bonds is 8. The van der Waals surface area contributed by atoms with Gasteiger partial charge < -0.3 is 20.3 Å². The van der Waals surface area contributed by atoms with Crippen LogP contribution in [0.15, 0.2) is 35.3 Å². The third-order valence-electron chi connectivity index (χ3n) is 5.47. The average Bonchev–Trinajstić information content (AvgIpc) is 3.15. The van der Waals surface area contributed by atoms with Gasteiger partial charge in [-0.2, -0.15) is 0 Å². The lowest BCUT2D eigenvalue weighted by molar-refractivity contribution is -0.127. The maximum absolute atomic E-state index is 11.7. The van der Waals surface area contributed by atoms with Crippen molar-refractivity contribution in [2.45, 2.75) is 45.1 Å². The van der Waals surface area contributed by atoms with Gasteiger partial charge in [0.25, 0.3) is 0 Å². The second-order valence-electron chi connectivity index (χ2n) is 7.59. The highest BCUT2D eigenvalue weighted by atomic mass is 127. The van der Waals surface area contributed by atoms with Gasteiger partial charge >= 0.3 is 0 Å². The van der Waals surface area contributed by atoms with E-state index in [2.05, 4.69) is 41.8 Å². The van der Waals surface area contributed by atoms with Crippen LogP contribution in [-0.4, -0.2) is 56.1 Å².